The van der Waals surface area contributed by atoms with Crippen LogP contribution in [0.1, 0.15) is 30.6 Å². The SMILES string of the molecule is CCCOc1cccc(C(=O)N2CC(CBr)OCC2C)c1. The Balaban J connectivity index is 2.11. The van der Waals surface area contributed by atoms with Crippen molar-refractivity contribution in [1.29, 1.82) is 0 Å². The molecule has 1 aromatic carbocycles. The molecule has 21 heavy (non-hydrogen) atoms. The molecule has 0 N–H and O–H groups in total. The minimum Gasteiger partial charge on any atom is -0.494 e. The monoisotopic (exact) mass is 355 g/mol. The summed E-state index contributed by atoms with van der Waals surface area (Å²) in [4.78, 5) is 14.6. The Bertz CT molecular complexity index is 480. The van der Waals surface area contributed by atoms with Crippen LogP contribution >= 0.6 is 15.9 Å². The first kappa shape index (κ1) is 16.3. The van der Waals surface area contributed by atoms with Gasteiger partial charge in [-0.2, -0.15) is 0 Å². The van der Waals surface area contributed by atoms with Gasteiger partial charge >= 0.3 is 0 Å². The van der Waals surface area contributed by atoms with E-state index in [9.17, 15) is 4.79 Å². The first-order valence-electron chi connectivity index (χ1n) is 7.37. The normalized spacial score (nSPS) is 22.1. The number of carbonyl (C=O) groups excluding carboxylic acids is 1. The van der Waals surface area contributed by atoms with Crippen LogP contribution in [0.5, 0.6) is 5.75 Å². The summed E-state index contributed by atoms with van der Waals surface area (Å²) < 4.78 is 11.3. The van der Waals surface area contributed by atoms with Gasteiger partial charge < -0.3 is 14.4 Å². The third-order valence-corrected chi connectivity index (χ3v) is 4.21. The number of hydrogen-bond acceptors (Lipinski definition) is 3. The lowest BCUT2D eigenvalue weighted by Crippen LogP contribution is -2.51. The molecule has 5 heteroatoms. The molecule has 0 spiro atoms. The number of halogens is 1. The smallest absolute Gasteiger partial charge is 0.254 e. The van der Waals surface area contributed by atoms with Gasteiger partial charge in [0.05, 0.1) is 25.4 Å². The zero-order valence-corrected chi connectivity index (χ0v) is 14.1. The number of hydrogen-bond donors (Lipinski definition) is 0. The van der Waals surface area contributed by atoms with Gasteiger partial charge in [-0.15, -0.1) is 0 Å². The Morgan fingerprint density at radius 2 is 2.33 bits per heavy atom. The van der Waals surface area contributed by atoms with Crippen molar-refractivity contribution < 1.29 is 14.3 Å². The summed E-state index contributed by atoms with van der Waals surface area (Å²) in [6, 6.07) is 7.51. The minimum atomic E-state index is 0.0405. The molecule has 1 amide bonds. The lowest BCUT2D eigenvalue weighted by atomic mass is 10.1. The Labute approximate surface area is 134 Å². The molecule has 1 saturated heterocycles. The third-order valence-electron chi connectivity index (χ3n) is 3.49. The second-order valence-electron chi connectivity index (χ2n) is 5.29. The molecular formula is C16H22BrNO3. The van der Waals surface area contributed by atoms with Crippen LogP contribution < -0.4 is 4.74 Å². The van der Waals surface area contributed by atoms with Gasteiger partial charge in [0.25, 0.3) is 5.91 Å². The van der Waals surface area contributed by atoms with Crippen molar-refractivity contribution in [2.75, 3.05) is 25.1 Å². The van der Waals surface area contributed by atoms with Gasteiger partial charge in [-0.1, -0.05) is 28.9 Å². The summed E-state index contributed by atoms with van der Waals surface area (Å²) in [7, 11) is 0. The molecule has 4 nitrogen and oxygen atoms in total. The minimum absolute atomic E-state index is 0.0405. The fourth-order valence-electron chi connectivity index (χ4n) is 2.30. The topological polar surface area (TPSA) is 38.8 Å². The molecule has 0 radical (unpaired) electrons. The van der Waals surface area contributed by atoms with E-state index >= 15 is 0 Å². The molecule has 1 aliphatic rings. The van der Waals surface area contributed by atoms with Crippen LogP contribution in [0.3, 0.4) is 0 Å². The van der Waals surface area contributed by atoms with Gasteiger partial charge in [0, 0.05) is 17.4 Å². The number of rotatable bonds is 5. The van der Waals surface area contributed by atoms with Crippen molar-refractivity contribution in [3.8, 4) is 5.75 Å². The second-order valence-corrected chi connectivity index (χ2v) is 5.94. The fraction of sp³-hybridized carbons (Fsp3) is 0.562. The molecule has 2 atom stereocenters. The highest BCUT2D eigenvalue weighted by molar-refractivity contribution is 9.09. The number of alkyl halides is 1. The Morgan fingerprint density at radius 3 is 3.05 bits per heavy atom. The van der Waals surface area contributed by atoms with E-state index in [1.165, 1.54) is 0 Å². The van der Waals surface area contributed by atoms with E-state index in [0.717, 1.165) is 17.5 Å². The Kier molecular flexibility index (Phi) is 6.06. The van der Waals surface area contributed by atoms with E-state index in [2.05, 4.69) is 22.9 Å². The number of benzene rings is 1. The van der Waals surface area contributed by atoms with Crippen molar-refractivity contribution in [1.82, 2.24) is 4.90 Å². The summed E-state index contributed by atoms with van der Waals surface area (Å²) in [5, 5.41) is 0.739. The molecule has 1 aromatic rings. The zero-order valence-electron chi connectivity index (χ0n) is 12.5. The van der Waals surface area contributed by atoms with Crippen LogP contribution in [0.25, 0.3) is 0 Å². The average Bonchev–Trinajstić information content (AvgIpc) is 2.53. The maximum atomic E-state index is 12.7. The van der Waals surface area contributed by atoms with Gasteiger partial charge in [-0.05, 0) is 31.5 Å². The quantitative estimate of drug-likeness (QED) is 0.761. The Hall–Kier alpha value is -1.07. The Morgan fingerprint density at radius 1 is 1.52 bits per heavy atom. The van der Waals surface area contributed by atoms with E-state index in [4.69, 9.17) is 9.47 Å². The average molecular weight is 356 g/mol. The van der Waals surface area contributed by atoms with Crippen molar-refractivity contribution in [2.24, 2.45) is 0 Å². The number of morpholine rings is 1. The first-order chi connectivity index (χ1) is 10.2. The number of carbonyl (C=O) groups is 1. The van der Waals surface area contributed by atoms with Crippen LogP contribution in [0.15, 0.2) is 24.3 Å². The van der Waals surface area contributed by atoms with Gasteiger partial charge in [-0.25, -0.2) is 0 Å². The highest BCUT2D eigenvalue weighted by Crippen LogP contribution is 2.20. The van der Waals surface area contributed by atoms with Crippen LogP contribution in [-0.2, 0) is 4.74 Å². The number of amides is 1. The van der Waals surface area contributed by atoms with Crippen LogP contribution in [0, 0.1) is 0 Å². The molecule has 1 aliphatic heterocycles. The lowest BCUT2D eigenvalue weighted by Gasteiger charge is -2.37. The summed E-state index contributed by atoms with van der Waals surface area (Å²) in [5.74, 6) is 0.791. The standard InChI is InChI=1S/C16H22BrNO3/c1-3-7-20-14-6-4-5-13(8-14)16(19)18-10-15(9-17)21-11-12(18)2/h4-6,8,12,15H,3,7,9-11H2,1-2H3. The molecule has 1 heterocycles. The predicted octanol–water partition coefficient (Wildman–Crippen LogP) is 3.10. The molecule has 1 fully saturated rings. The van der Waals surface area contributed by atoms with Gasteiger partial charge in [0.15, 0.2) is 0 Å². The van der Waals surface area contributed by atoms with Gasteiger partial charge in [0.1, 0.15) is 5.75 Å². The van der Waals surface area contributed by atoms with E-state index < -0.39 is 0 Å². The van der Waals surface area contributed by atoms with Crippen molar-refractivity contribution in [2.45, 2.75) is 32.4 Å². The highest BCUT2D eigenvalue weighted by Gasteiger charge is 2.29. The fourth-order valence-corrected chi connectivity index (χ4v) is 2.69. The second kappa shape index (κ2) is 7.80. The molecule has 0 saturated carbocycles. The van der Waals surface area contributed by atoms with E-state index in [-0.39, 0.29) is 18.1 Å². The highest BCUT2D eigenvalue weighted by atomic mass is 79.9. The van der Waals surface area contributed by atoms with Crippen molar-refractivity contribution in [3.05, 3.63) is 29.8 Å². The van der Waals surface area contributed by atoms with E-state index in [0.29, 0.717) is 25.3 Å². The zero-order chi connectivity index (χ0) is 15.2. The first-order valence-corrected chi connectivity index (χ1v) is 8.49. The number of nitrogens with zero attached hydrogens (tertiary/aromatic N) is 1. The van der Waals surface area contributed by atoms with E-state index in [1.807, 2.05) is 36.1 Å². The van der Waals surface area contributed by atoms with Crippen molar-refractivity contribution in [3.63, 3.8) is 0 Å². The van der Waals surface area contributed by atoms with Crippen LogP contribution in [0.4, 0.5) is 0 Å². The summed E-state index contributed by atoms with van der Waals surface area (Å²) in [6.45, 7) is 5.93. The van der Waals surface area contributed by atoms with Gasteiger partial charge in [0.2, 0.25) is 0 Å². The predicted molar refractivity (Wildman–Crippen MR) is 86.3 cm³/mol. The molecule has 0 aromatic heterocycles. The molecule has 0 aliphatic carbocycles. The molecular weight excluding hydrogens is 334 g/mol. The maximum absolute atomic E-state index is 12.7. The maximum Gasteiger partial charge on any atom is 0.254 e. The van der Waals surface area contributed by atoms with Gasteiger partial charge in [-0.3, -0.25) is 4.79 Å². The van der Waals surface area contributed by atoms with E-state index in [1.54, 1.807) is 0 Å². The van der Waals surface area contributed by atoms with Crippen LogP contribution in [-0.4, -0.2) is 48.0 Å². The number of ether oxygens (including phenoxy) is 2. The lowest BCUT2D eigenvalue weighted by molar-refractivity contribution is -0.0361. The molecule has 0 bridgehead atoms. The summed E-state index contributed by atoms with van der Waals surface area (Å²) in [5.41, 5.74) is 0.672. The summed E-state index contributed by atoms with van der Waals surface area (Å²) in [6.07, 6.45) is 1.01. The molecule has 2 unspecified atom stereocenters. The van der Waals surface area contributed by atoms with Crippen molar-refractivity contribution >= 4 is 21.8 Å². The largest absolute Gasteiger partial charge is 0.494 e. The third kappa shape index (κ3) is 4.20. The van der Waals surface area contributed by atoms with Crippen LogP contribution in [0.2, 0.25) is 0 Å². The molecule has 2 rings (SSSR count). The summed E-state index contributed by atoms with van der Waals surface area (Å²) >= 11 is 3.42. The molecule has 116 valence electrons.